The van der Waals surface area contributed by atoms with E-state index in [9.17, 15) is 9.59 Å². The van der Waals surface area contributed by atoms with Crippen LogP contribution in [0, 0.1) is 5.92 Å². The van der Waals surface area contributed by atoms with Crippen LogP contribution in [0.4, 0.5) is 11.4 Å². The van der Waals surface area contributed by atoms with Gasteiger partial charge in [-0.2, -0.15) is 0 Å². The highest BCUT2D eigenvalue weighted by Crippen LogP contribution is 2.31. The third-order valence-electron chi connectivity index (χ3n) is 6.08. The maximum atomic E-state index is 13.0. The summed E-state index contributed by atoms with van der Waals surface area (Å²) in [5.74, 6) is 0.203. The monoisotopic (exact) mass is 439 g/mol. The molecule has 0 amide bonds. The zero-order valence-electron chi connectivity index (χ0n) is 18.5. The molecule has 0 aliphatic carbocycles. The third-order valence-corrected chi connectivity index (χ3v) is 6.08. The number of benzene rings is 1. The van der Waals surface area contributed by atoms with Gasteiger partial charge in [-0.3, -0.25) is 9.69 Å². The van der Waals surface area contributed by atoms with Crippen LogP contribution < -0.4 is 9.64 Å². The van der Waals surface area contributed by atoms with Crippen LogP contribution in [0.25, 0.3) is 0 Å². The molecule has 3 saturated heterocycles. The number of ether oxygens (including phenoxy) is 3. The highest BCUT2D eigenvalue weighted by atomic mass is 16.5. The lowest BCUT2D eigenvalue weighted by atomic mass is 9.86. The Bertz CT molecular complexity index is 941. The van der Waals surface area contributed by atoms with Gasteiger partial charge in [-0.25, -0.2) is 9.78 Å². The van der Waals surface area contributed by atoms with Crippen LogP contribution in [-0.2, 0) is 14.3 Å². The van der Waals surface area contributed by atoms with Gasteiger partial charge in [0.25, 0.3) is 0 Å². The van der Waals surface area contributed by atoms with Gasteiger partial charge in [0.1, 0.15) is 12.6 Å². The van der Waals surface area contributed by atoms with Crippen LogP contribution >= 0.6 is 0 Å². The van der Waals surface area contributed by atoms with Crippen LogP contribution in [0.15, 0.2) is 42.6 Å². The van der Waals surface area contributed by atoms with Gasteiger partial charge in [0, 0.05) is 18.3 Å². The van der Waals surface area contributed by atoms with E-state index in [2.05, 4.69) is 9.88 Å². The summed E-state index contributed by atoms with van der Waals surface area (Å²) in [6, 6.07) is 10.6. The van der Waals surface area contributed by atoms with Crippen molar-refractivity contribution in [3.8, 4) is 5.88 Å². The quantitative estimate of drug-likeness (QED) is 0.581. The number of methoxy groups -OCH3 is 1. The fraction of sp³-hybridized carbons (Fsp3) is 0.458. The first-order valence-corrected chi connectivity index (χ1v) is 11.0. The van der Waals surface area contributed by atoms with Gasteiger partial charge < -0.3 is 19.1 Å². The molecule has 8 heteroatoms. The normalized spacial score (nSPS) is 21.6. The van der Waals surface area contributed by atoms with E-state index in [-0.39, 0.29) is 18.6 Å². The average molecular weight is 440 g/mol. The Kier molecular flexibility index (Phi) is 6.90. The van der Waals surface area contributed by atoms with Crippen molar-refractivity contribution < 1.29 is 23.8 Å². The van der Waals surface area contributed by atoms with Gasteiger partial charge in [0.05, 0.1) is 31.2 Å². The fourth-order valence-electron chi connectivity index (χ4n) is 4.38. The minimum Gasteiger partial charge on any atom is -0.481 e. The molecule has 2 aromatic rings. The topological polar surface area (TPSA) is 81.2 Å². The smallest absolute Gasteiger partial charge is 0.338 e. The van der Waals surface area contributed by atoms with Gasteiger partial charge in [0.2, 0.25) is 5.88 Å². The molecule has 5 rings (SSSR count). The fourth-order valence-corrected chi connectivity index (χ4v) is 4.38. The number of carbonyl (C=O) groups excluding carboxylic acids is 2. The summed E-state index contributed by atoms with van der Waals surface area (Å²) in [4.78, 5) is 33.6. The number of nitrogens with zero attached hydrogens (tertiary/aromatic N) is 3. The van der Waals surface area contributed by atoms with Crippen LogP contribution in [0.3, 0.4) is 0 Å². The lowest BCUT2D eigenvalue weighted by molar-refractivity contribution is -0.156. The summed E-state index contributed by atoms with van der Waals surface area (Å²) in [5.41, 5.74) is 1.78. The molecular formula is C24H29N3O5. The number of aromatic nitrogens is 1. The number of rotatable bonds is 8. The number of fused-ring (bicyclic) bond motifs is 3. The largest absolute Gasteiger partial charge is 0.481 e. The molecule has 1 unspecified atom stereocenters. The van der Waals surface area contributed by atoms with Crippen LogP contribution in [0.5, 0.6) is 5.88 Å². The van der Waals surface area contributed by atoms with Gasteiger partial charge in [-0.05, 0) is 63.0 Å². The summed E-state index contributed by atoms with van der Waals surface area (Å²) >= 11 is 0. The summed E-state index contributed by atoms with van der Waals surface area (Å²) in [7, 11) is 1.55. The maximum Gasteiger partial charge on any atom is 0.338 e. The number of pyridine rings is 1. The van der Waals surface area contributed by atoms with Gasteiger partial charge in [-0.15, -0.1) is 0 Å². The first-order chi connectivity index (χ1) is 15.6. The molecule has 32 heavy (non-hydrogen) atoms. The van der Waals surface area contributed by atoms with Crippen molar-refractivity contribution in [3.63, 3.8) is 0 Å². The molecule has 8 nitrogen and oxygen atoms in total. The zero-order valence-corrected chi connectivity index (χ0v) is 18.5. The molecule has 0 radical (unpaired) electrons. The van der Waals surface area contributed by atoms with Crippen molar-refractivity contribution in [2.45, 2.75) is 25.9 Å². The second-order valence-corrected chi connectivity index (χ2v) is 8.08. The van der Waals surface area contributed by atoms with E-state index in [1.807, 2.05) is 12.1 Å². The minimum absolute atomic E-state index is 0.00348. The number of hydrogen-bond acceptors (Lipinski definition) is 8. The Morgan fingerprint density at radius 3 is 2.59 bits per heavy atom. The number of anilines is 2. The Morgan fingerprint density at radius 1 is 1.16 bits per heavy atom. The van der Waals surface area contributed by atoms with Crippen molar-refractivity contribution in [3.05, 3.63) is 48.2 Å². The molecule has 0 N–H and O–H groups in total. The van der Waals surface area contributed by atoms with Crippen molar-refractivity contribution in [2.75, 3.05) is 44.8 Å². The van der Waals surface area contributed by atoms with Gasteiger partial charge in [-0.1, -0.05) is 6.07 Å². The predicted octanol–water partition coefficient (Wildman–Crippen LogP) is 3.04. The van der Waals surface area contributed by atoms with Crippen molar-refractivity contribution in [1.29, 1.82) is 0 Å². The molecule has 3 fully saturated rings. The van der Waals surface area contributed by atoms with Gasteiger partial charge >= 0.3 is 11.9 Å². The SMILES string of the molecule is CCOC(=O)c1cccc(N(CC(=O)OC2CN3CCC2CC3)c2ccc(OC)nc2)c1. The summed E-state index contributed by atoms with van der Waals surface area (Å²) in [5, 5.41) is 0. The van der Waals surface area contributed by atoms with Crippen LogP contribution in [-0.4, -0.2) is 67.8 Å². The molecule has 1 aromatic carbocycles. The van der Waals surface area contributed by atoms with Crippen molar-refractivity contribution in [1.82, 2.24) is 9.88 Å². The standard InChI is InChI=1S/C24H29N3O5/c1-3-31-24(29)18-5-4-6-19(13-18)27(20-7-8-22(30-2)25-14-20)16-23(28)32-21-15-26-11-9-17(21)10-12-26/h4-8,13-14,17,21H,3,9-12,15-16H2,1-2H3. The maximum absolute atomic E-state index is 13.0. The summed E-state index contributed by atoms with van der Waals surface area (Å²) in [6.07, 6.45) is 3.72. The number of esters is 2. The Balaban J connectivity index is 1.56. The molecule has 170 valence electrons. The molecular weight excluding hydrogens is 410 g/mol. The van der Waals surface area contributed by atoms with E-state index in [1.165, 1.54) is 0 Å². The highest BCUT2D eigenvalue weighted by Gasteiger charge is 2.36. The number of piperidine rings is 3. The molecule has 4 heterocycles. The highest BCUT2D eigenvalue weighted by molar-refractivity contribution is 5.91. The second kappa shape index (κ2) is 9.99. The molecule has 0 saturated carbocycles. The van der Waals surface area contributed by atoms with E-state index in [0.717, 1.165) is 32.5 Å². The lowest BCUT2D eigenvalue weighted by Gasteiger charge is -2.44. The molecule has 2 bridgehead atoms. The molecule has 3 aliphatic rings. The van der Waals surface area contributed by atoms with Gasteiger partial charge in [0.15, 0.2) is 0 Å². The van der Waals surface area contributed by atoms with Crippen LogP contribution in [0.1, 0.15) is 30.1 Å². The molecule has 0 spiro atoms. The number of hydrogen-bond donors (Lipinski definition) is 0. The molecule has 3 aliphatic heterocycles. The average Bonchev–Trinajstić information content (AvgIpc) is 2.83. The van der Waals surface area contributed by atoms with Crippen LogP contribution in [0.2, 0.25) is 0 Å². The van der Waals surface area contributed by atoms with E-state index in [1.54, 1.807) is 49.4 Å². The zero-order chi connectivity index (χ0) is 22.5. The summed E-state index contributed by atoms with van der Waals surface area (Å²) in [6.45, 7) is 5.04. The molecule has 1 atom stereocenters. The Hall–Kier alpha value is -3.13. The van der Waals surface area contributed by atoms with Crippen molar-refractivity contribution >= 4 is 23.3 Å². The molecule has 1 aromatic heterocycles. The van der Waals surface area contributed by atoms with E-state index in [0.29, 0.717) is 35.3 Å². The third kappa shape index (κ3) is 5.02. The first-order valence-electron chi connectivity index (χ1n) is 11.0. The predicted molar refractivity (Wildman–Crippen MR) is 119 cm³/mol. The lowest BCUT2D eigenvalue weighted by Crippen LogP contribution is -2.52. The van der Waals surface area contributed by atoms with E-state index < -0.39 is 5.97 Å². The van der Waals surface area contributed by atoms with E-state index in [4.69, 9.17) is 14.2 Å². The second-order valence-electron chi connectivity index (χ2n) is 8.08. The minimum atomic E-state index is -0.406. The van der Waals surface area contributed by atoms with Crippen molar-refractivity contribution in [2.24, 2.45) is 5.92 Å². The number of carbonyl (C=O) groups is 2. The summed E-state index contributed by atoms with van der Waals surface area (Å²) < 4.78 is 16.2. The first kappa shape index (κ1) is 22.1. The van der Waals surface area contributed by atoms with E-state index >= 15 is 0 Å². The Morgan fingerprint density at radius 2 is 1.97 bits per heavy atom. The Labute approximate surface area is 188 Å².